The highest BCUT2D eigenvalue weighted by molar-refractivity contribution is 6.32. The Kier molecular flexibility index (Phi) is 97.1. The monoisotopic (exact) mass is 1620 g/mol. The van der Waals surface area contributed by atoms with Crippen molar-refractivity contribution in [2.24, 2.45) is 0 Å². The molecule has 0 unspecified atom stereocenters. The van der Waals surface area contributed by atoms with Gasteiger partial charge in [0.05, 0.1) is 37.7 Å². The van der Waals surface area contributed by atoms with E-state index < -0.39 is 11.7 Å². The molecule has 0 saturated heterocycles. The van der Waals surface area contributed by atoms with E-state index >= 15 is 0 Å². The number of alkyl halides is 3. The normalized spacial score (nSPS) is 8.92. The fourth-order valence-electron chi connectivity index (χ4n) is 7.93. The van der Waals surface area contributed by atoms with Gasteiger partial charge in [-0.25, -0.2) is 0 Å². The fraction of sp³-hybridized carbons (Fsp3) is 0.324. The van der Waals surface area contributed by atoms with Gasteiger partial charge in [0.1, 0.15) is 22.8 Å². The molecule has 0 saturated carbocycles. The van der Waals surface area contributed by atoms with E-state index in [1.165, 1.54) is 46.9 Å². The van der Waals surface area contributed by atoms with Crippen molar-refractivity contribution >= 4 is 45.8 Å². The number of furan rings is 1. The topological polar surface area (TPSA) is 88.4 Å². The number of ether oxygens (including phenoxy) is 5. The molecule has 1 amide bonds. The minimum atomic E-state index is -4.21. The van der Waals surface area contributed by atoms with Crippen LogP contribution in [0.3, 0.4) is 0 Å². The highest BCUT2D eigenvalue weighted by Gasteiger charge is 2.29. The summed E-state index contributed by atoms with van der Waals surface area (Å²) in [6, 6.07) is 96.7. The number of halogens is 5. The van der Waals surface area contributed by atoms with Crippen LogP contribution in [0.25, 0.3) is 11.0 Å². The number of nitrogens with one attached hydrogen (secondary N) is 1. The lowest BCUT2D eigenvalue weighted by molar-refractivity contribution is -0.137. The van der Waals surface area contributed by atoms with Crippen LogP contribution in [0.2, 0.25) is 10.0 Å². The van der Waals surface area contributed by atoms with Crippen molar-refractivity contribution in [3.8, 4) is 28.7 Å². The van der Waals surface area contributed by atoms with Crippen LogP contribution in [-0.2, 0) is 17.4 Å². The minimum absolute atomic E-state index is 0.0359. The molecule has 2 aliphatic heterocycles. The number of methoxy groups -OCH3 is 2. The lowest BCUT2D eigenvalue weighted by Crippen LogP contribution is -2.04. The molecule has 115 heavy (non-hydrogen) atoms. The van der Waals surface area contributed by atoms with Crippen molar-refractivity contribution in [1.82, 2.24) is 0 Å². The molecule has 2 aliphatic rings. The molecule has 8 nitrogen and oxygen atoms in total. The molecule has 0 spiro atoms. The summed E-state index contributed by atoms with van der Waals surface area (Å²) in [6.45, 7) is 55.2. The Hall–Kier alpha value is -10.2. The first-order chi connectivity index (χ1) is 56.0. The molecule has 14 rings (SSSR count). The van der Waals surface area contributed by atoms with E-state index in [-0.39, 0.29) is 5.91 Å². The summed E-state index contributed by atoms with van der Waals surface area (Å²) in [5, 5.41) is 5.28. The lowest BCUT2D eigenvalue weighted by Gasteiger charge is -2.03. The van der Waals surface area contributed by atoms with Crippen LogP contribution in [0.4, 0.5) is 18.9 Å². The molecular formula is C102H146Cl2F3NO7. The molecule has 0 atom stereocenters. The number of fused-ring (bicyclic) bond motifs is 3. The quantitative estimate of drug-likeness (QED) is 0.189. The van der Waals surface area contributed by atoms with E-state index in [0.717, 1.165) is 75.6 Å². The summed E-state index contributed by atoms with van der Waals surface area (Å²) in [6.07, 6.45) is -1.43. The predicted octanol–water partition coefficient (Wildman–Crippen LogP) is 33.8. The van der Waals surface area contributed by atoms with Gasteiger partial charge in [0.25, 0.3) is 0 Å². The van der Waals surface area contributed by atoms with Gasteiger partial charge in [0, 0.05) is 29.4 Å². The number of anilines is 1. The fourth-order valence-corrected chi connectivity index (χ4v) is 8.29. The van der Waals surface area contributed by atoms with Crippen molar-refractivity contribution in [3.63, 3.8) is 0 Å². The van der Waals surface area contributed by atoms with E-state index in [1.54, 1.807) is 32.6 Å². The highest BCUT2D eigenvalue weighted by Crippen LogP contribution is 2.31. The molecule has 0 radical (unpaired) electrons. The van der Waals surface area contributed by atoms with Crippen molar-refractivity contribution in [1.29, 1.82) is 0 Å². The largest absolute Gasteiger partial charge is 0.497 e. The smallest absolute Gasteiger partial charge is 0.416 e. The zero-order valence-electron chi connectivity index (χ0n) is 75.4. The average molecular weight is 1630 g/mol. The number of carbonyl (C=O) groups is 1. The Morgan fingerprint density at radius 2 is 0.722 bits per heavy atom. The van der Waals surface area contributed by atoms with Gasteiger partial charge in [-0.15, -0.1) is 0 Å². The van der Waals surface area contributed by atoms with Gasteiger partial charge < -0.3 is 33.4 Å². The molecule has 1 aromatic heterocycles. The molecule has 0 fully saturated rings. The summed E-state index contributed by atoms with van der Waals surface area (Å²) >= 11 is 11.2. The van der Waals surface area contributed by atoms with Gasteiger partial charge in [-0.1, -0.05) is 428 Å². The zero-order valence-corrected chi connectivity index (χ0v) is 76.9. The highest BCUT2D eigenvalue weighted by atomic mass is 35.5. The molecule has 0 bridgehead atoms. The number of hydrogen-bond donors (Lipinski definition) is 1. The number of carbonyl (C=O) groups excluding carboxylic acids is 1. The Labute approximate surface area is 707 Å². The van der Waals surface area contributed by atoms with Crippen LogP contribution in [-0.4, -0.2) is 33.5 Å². The summed E-state index contributed by atoms with van der Waals surface area (Å²) < 4.78 is 65.8. The zero-order chi connectivity index (χ0) is 89.2. The third-order valence-corrected chi connectivity index (χ3v) is 12.7. The van der Waals surface area contributed by atoms with Crippen LogP contribution < -0.4 is 29.0 Å². The molecule has 0 aliphatic carbocycles. The Bertz CT molecular complexity index is 3600. The number of aryl methyl sites for hydroxylation is 4. The van der Waals surface area contributed by atoms with E-state index in [0.29, 0.717) is 11.8 Å². The van der Waals surface area contributed by atoms with E-state index in [9.17, 15) is 18.0 Å². The predicted molar refractivity (Wildman–Crippen MR) is 502 cm³/mol. The molecular weight excluding hydrogens is 1480 g/mol. The molecule has 3 heterocycles. The summed E-state index contributed by atoms with van der Waals surface area (Å²) in [4.78, 5) is 10.5. The summed E-state index contributed by atoms with van der Waals surface area (Å²) in [5.41, 5.74) is 7.93. The van der Waals surface area contributed by atoms with Gasteiger partial charge in [-0.3, -0.25) is 4.79 Å². The maximum Gasteiger partial charge on any atom is 0.416 e. The Morgan fingerprint density at radius 3 is 1.05 bits per heavy atom. The average Bonchev–Trinajstić information content (AvgIpc) is 1.61. The number of para-hydroxylation sites is 7. The second kappa shape index (κ2) is 92.7. The van der Waals surface area contributed by atoms with Crippen LogP contribution in [0.1, 0.15) is 193 Å². The summed E-state index contributed by atoms with van der Waals surface area (Å²) in [5.74, 6) is 4.35. The van der Waals surface area contributed by atoms with E-state index in [4.69, 9.17) is 51.3 Å². The number of hydrogen-bond acceptors (Lipinski definition) is 7. The SMILES string of the molecule is CC.CC.CC.CC.CC.CC.CC.CC.CC.CC.CC.CC(=O)Nc1ccccc1.COc1ccccc1.COc1ccccc1Cl.Cc1cc(C)cc(C)c1.Cc1ccccc1.Clc1ccccc1.FC(F)(F)c1ccccc1.c1ccc2c(c1)CCO2.c1ccc2c(c1)OCO2.c1ccc2occc2c1.c1ccccc1. The first-order valence-corrected chi connectivity index (χ1v) is 41.4. The molecule has 13 heteroatoms. The van der Waals surface area contributed by atoms with Crippen LogP contribution in [0, 0.1) is 27.7 Å². The number of benzene rings is 11. The minimum Gasteiger partial charge on any atom is -0.497 e. The number of rotatable bonds is 3. The third kappa shape index (κ3) is 70.2. The molecule has 11 aromatic carbocycles. The number of amides is 1. The maximum atomic E-state index is 11.8. The van der Waals surface area contributed by atoms with Gasteiger partial charge in [0.2, 0.25) is 12.7 Å². The van der Waals surface area contributed by atoms with Crippen molar-refractivity contribution in [3.05, 3.63) is 359 Å². The van der Waals surface area contributed by atoms with Crippen molar-refractivity contribution in [2.75, 3.05) is 32.9 Å². The third-order valence-electron chi connectivity index (χ3n) is 12.2. The Morgan fingerprint density at radius 1 is 0.374 bits per heavy atom. The van der Waals surface area contributed by atoms with Crippen LogP contribution in [0.5, 0.6) is 28.7 Å². The summed E-state index contributed by atoms with van der Waals surface area (Å²) in [7, 11) is 3.26. The Balaban J connectivity index is -0.000000178. The van der Waals surface area contributed by atoms with Crippen LogP contribution in [0.15, 0.2) is 320 Å². The standard InChI is InChI=1S/C9H12.C8H9NO.C8H8O.C8H6O.C7H7ClO.C7H5F3.C7H6O2.C7H8O.C7H8.C6H5Cl.C6H6.11C2H6/c1-7-4-8(2)6-9(3)5-7;1-7(10)9-8-5-3-2-4-6-8;2*1-2-4-8-7(3-1)5-6-9-8;1-9-7-5-3-2-4-6(7)8;8-7(9,10)6-4-2-1-3-5-6;1-2-4-7-6(3-1)8-5-9-7;1-8-7-5-3-2-4-6-7;1-7-5-3-2-4-6-7;7-6-4-2-1-3-5-6;1-2-4-6-5-3-1;11*1-2/h4-6H,1-3H3;2-6H,1H3,(H,9,10);1-4H,5-6H2;1-6H;2-5H,1H3;1-5H;1-4H,5H2;2-6H,1H3;2-6H,1H3;1-5H;1-6H;11*1-2H3. The van der Waals surface area contributed by atoms with Gasteiger partial charge in [0.15, 0.2) is 11.5 Å². The second-order valence-corrected chi connectivity index (χ2v) is 20.7. The van der Waals surface area contributed by atoms with Crippen molar-refractivity contribution in [2.45, 2.75) is 200 Å². The molecule has 636 valence electrons. The van der Waals surface area contributed by atoms with Crippen LogP contribution >= 0.6 is 23.2 Å². The van der Waals surface area contributed by atoms with Crippen molar-refractivity contribution < 1.29 is 46.1 Å². The molecule has 1 N–H and O–H groups in total. The maximum absolute atomic E-state index is 11.8. The first kappa shape index (κ1) is 121. The van der Waals surface area contributed by atoms with E-state index in [2.05, 4.69) is 69.4 Å². The van der Waals surface area contributed by atoms with Gasteiger partial charge in [-0.05, 0) is 112 Å². The van der Waals surface area contributed by atoms with Gasteiger partial charge in [-0.2, -0.15) is 13.2 Å². The molecule has 12 aromatic rings. The first-order valence-electron chi connectivity index (χ1n) is 40.6. The van der Waals surface area contributed by atoms with Gasteiger partial charge >= 0.3 is 6.18 Å². The lowest BCUT2D eigenvalue weighted by atomic mass is 10.1. The second-order valence-electron chi connectivity index (χ2n) is 19.9. The van der Waals surface area contributed by atoms with E-state index in [1.807, 2.05) is 389 Å².